The zero-order valence-electron chi connectivity index (χ0n) is 12.1. The third-order valence-corrected chi connectivity index (χ3v) is 3.46. The number of nitrogens with zero attached hydrogens (tertiary/aromatic N) is 1. The van der Waals surface area contributed by atoms with Gasteiger partial charge >= 0.3 is 0 Å². The summed E-state index contributed by atoms with van der Waals surface area (Å²) in [4.78, 5) is 7.38. The molecule has 1 unspecified atom stereocenters. The van der Waals surface area contributed by atoms with Gasteiger partial charge in [-0.1, -0.05) is 30.3 Å². The standard InChI is InChI=1S/C17H20N4/c1-13(10-18-11-14-5-3-2-4-6-14)21-15-7-8-16-17(9-15)20-12-19-16/h2-9,12-13,18,21H,10-11H2,1H3,(H,19,20). The van der Waals surface area contributed by atoms with Crippen LogP contribution in [0.3, 0.4) is 0 Å². The smallest absolute Gasteiger partial charge is 0.0931 e. The molecule has 0 aliphatic heterocycles. The van der Waals surface area contributed by atoms with Gasteiger partial charge < -0.3 is 15.6 Å². The third kappa shape index (κ3) is 3.61. The zero-order valence-corrected chi connectivity index (χ0v) is 12.1. The second-order valence-electron chi connectivity index (χ2n) is 5.30. The molecule has 0 bridgehead atoms. The van der Waals surface area contributed by atoms with Gasteiger partial charge in [-0.3, -0.25) is 0 Å². The number of H-pyrrole nitrogens is 1. The normalized spacial score (nSPS) is 12.4. The van der Waals surface area contributed by atoms with Crippen LogP contribution in [-0.4, -0.2) is 22.6 Å². The molecule has 0 aliphatic carbocycles. The van der Waals surface area contributed by atoms with E-state index in [1.807, 2.05) is 6.07 Å². The Bertz CT molecular complexity index is 690. The maximum absolute atomic E-state index is 4.28. The van der Waals surface area contributed by atoms with Gasteiger partial charge in [0.25, 0.3) is 0 Å². The van der Waals surface area contributed by atoms with Crippen molar-refractivity contribution in [1.82, 2.24) is 15.3 Å². The van der Waals surface area contributed by atoms with Gasteiger partial charge in [0.15, 0.2) is 0 Å². The van der Waals surface area contributed by atoms with Crippen LogP contribution in [0.2, 0.25) is 0 Å². The van der Waals surface area contributed by atoms with Crippen LogP contribution in [0.25, 0.3) is 11.0 Å². The van der Waals surface area contributed by atoms with Crippen molar-refractivity contribution in [3.63, 3.8) is 0 Å². The molecular formula is C17H20N4. The van der Waals surface area contributed by atoms with E-state index in [-0.39, 0.29) is 0 Å². The van der Waals surface area contributed by atoms with Crippen molar-refractivity contribution >= 4 is 16.7 Å². The summed E-state index contributed by atoms with van der Waals surface area (Å²) in [5.74, 6) is 0. The van der Waals surface area contributed by atoms with E-state index < -0.39 is 0 Å². The van der Waals surface area contributed by atoms with E-state index in [2.05, 4.69) is 70.0 Å². The number of fused-ring (bicyclic) bond motifs is 1. The molecule has 0 amide bonds. The number of imidazole rings is 1. The largest absolute Gasteiger partial charge is 0.381 e. The predicted molar refractivity (Wildman–Crippen MR) is 87.3 cm³/mol. The fraction of sp³-hybridized carbons (Fsp3) is 0.235. The lowest BCUT2D eigenvalue weighted by Crippen LogP contribution is -2.30. The van der Waals surface area contributed by atoms with Gasteiger partial charge in [0, 0.05) is 24.8 Å². The van der Waals surface area contributed by atoms with Crippen molar-refractivity contribution in [1.29, 1.82) is 0 Å². The van der Waals surface area contributed by atoms with Crippen LogP contribution in [0.15, 0.2) is 54.9 Å². The molecule has 1 aromatic heterocycles. The Kier molecular flexibility index (Phi) is 4.17. The van der Waals surface area contributed by atoms with Gasteiger partial charge in [-0.15, -0.1) is 0 Å². The number of rotatable bonds is 6. The fourth-order valence-electron chi connectivity index (χ4n) is 2.39. The van der Waals surface area contributed by atoms with Crippen LogP contribution in [-0.2, 0) is 6.54 Å². The molecule has 108 valence electrons. The molecule has 1 heterocycles. The number of aromatic amines is 1. The van der Waals surface area contributed by atoms with Gasteiger partial charge in [-0.25, -0.2) is 4.98 Å². The predicted octanol–water partition coefficient (Wildman–Crippen LogP) is 3.15. The lowest BCUT2D eigenvalue weighted by molar-refractivity contribution is 0.632. The molecule has 3 N–H and O–H groups in total. The first-order valence-electron chi connectivity index (χ1n) is 7.25. The summed E-state index contributed by atoms with van der Waals surface area (Å²) in [6.07, 6.45) is 1.72. The maximum Gasteiger partial charge on any atom is 0.0931 e. The number of nitrogens with one attached hydrogen (secondary N) is 3. The van der Waals surface area contributed by atoms with Gasteiger partial charge in [0.2, 0.25) is 0 Å². The number of hydrogen-bond donors (Lipinski definition) is 3. The molecule has 0 fully saturated rings. The third-order valence-electron chi connectivity index (χ3n) is 3.46. The number of anilines is 1. The molecule has 0 spiro atoms. The molecular weight excluding hydrogens is 260 g/mol. The van der Waals surface area contributed by atoms with Crippen LogP contribution < -0.4 is 10.6 Å². The summed E-state index contributed by atoms with van der Waals surface area (Å²) < 4.78 is 0. The average molecular weight is 280 g/mol. The number of hydrogen-bond acceptors (Lipinski definition) is 3. The lowest BCUT2D eigenvalue weighted by atomic mass is 10.2. The highest BCUT2D eigenvalue weighted by molar-refractivity contribution is 5.78. The average Bonchev–Trinajstić information content (AvgIpc) is 2.96. The summed E-state index contributed by atoms with van der Waals surface area (Å²) in [6, 6.07) is 17.0. The van der Waals surface area contributed by atoms with E-state index in [0.717, 1.165) is 29.8 Å². The minimum atomic E-state index is 0.352. The first-order valence-corrected chi connectivity index (χ1v) is 7.25. The molecule has 4 nitrogen and oxygen atoms in total. The van der Waals surface area contributed by atoms with Crippen LogP contribution in [0, 0.1) is 0 Å². The Hall–Kier alpha value is -2.33. The second kappa shape index (κ2) is 6.41. The monoisotopic (exact) mass is 280 g/mol. The number of benzene rings is 2. The van der Waals surface area contributed by atoms with Crippen molar-refractivity contribution in [2.24, 2.45) is 0 Å². The van der Waals surface area contributed by atoms with Crippen molar-refractivity contribution in [2.75, 3.05) is 11.9 Å². The van der Waals surface area contributed by atoms with Crippen LogP contribution in [0.1, 0.15) is 12.5 Å². The van der Waals surface area contributed by atoms with Crippen LogP contribution >= 0.6 is 0 Å². The molecule has 1 atom stereocenters. The molecule has 0 saturated carbocycles. The SMILES string of the molecule is CC(CNCc1ccccc1)Nc1ccc2[nH]cnc2c1. The number of aromatic nitrogens is 2. The second-order valence-corrected chi connectivity index (χ2v) is 5.30. The maximum atomic E-state index is 4.28. The highest BCUT2D eigenvalue weighted by Crippen LogP contribution is 2.16. The Balaban J connectivity index is 1.50. The summed E-state index contributed by atoms with van der Waals surface area (Å²) >= 11 is 0. The van der Waals surface area contributed by atoms with E-state index >= 15 is 0 Å². The molecule has 0 saturated heterocycles. The summed E-state index contributed by atoms with van der Waals surface area (Å²) in [5, 5.41) is 6.96. The molecule has 4 heteroatoms. The van der Waals surface area contributed by atoms with E-state index in [9.17, 15) is 0 Å². The quantitative estimate of drug-likeness (QED) is 0.650. The van der Waals surface area contributed by atoms with Gasteiger partial charge in [0.1, 0.15) is 0 Å². The Labute approximate surface area is 124 Å². The Morgan fingerprint density at radius 1 is 1.14 bits per heavy atom. The van der Waals surface area contributed by atoms with Crippen molar-refractivity contribution in [2.45, 2.75) is 19.5 Å². The molecule has 0 radical (unpaired) electrons. The topological polar surface area (TPSA) is 52.7 Å². The van der Waals surface area contributed by atoms with Crippen molar-refractivity contribution < 1.29 is 0 Å². The van der Waals surface area contributed by atoms with Crippen LogP contribution in [0.4, 0.5) is 5.69 Å². The van der Waals surface area contributed by atoms with E-state index in [1.54, 1.807) is 6.33 Å². The van der Waals surface area contributed by atoms with E-state index in [4.69, 9.17) is 0 Å². The Morgan fingerprint density at radius 3 is 2.86 bits per heavy atom. The summed E-state index contributed by atoms with van der Waals surface area (Å²) in [6.45, 7) is 3.98. The molecule has 2 aromatic carbocycles. The lowest BCUT2D eigenvalue weighted by Gasteiger charge is -2.16. The molecule has 21 heavy (non-hydrogen) atoms. The molecule has 3 rings (SSSR count). The zero-order chi connectivity index (χ0) is 14.5. The Morgan fingerprint density at radius 2 is 2.00 bits per heavy atom. The van der Waals surface area contributed by atoms with E-state index in [1.165, 1.54) is 5.56 Å². The summed E-state index contributed by atoms with van der Waals surface area (Å²) in [7, 11) is 0. The van der Waals surface area contributed by atoms with Crippen LogP contribution in [0.5, 0.6) is 0 Å². The van der Waals surface area contributed by atoms with Gasteiger partial charge in [0.05, 0.1) is 17.4 Å². The molecule has 3 aromatic rings. The van der Waals surface area contributed by atoms with Gasteiger partial charge in [-0.05, 0) is 30.7 Å². The first-order chi connectivity index (χ1) is 10.3. The minimum absolute atomic E-state index is 0.352. The fourth-order valence-corrected chi connectivity index (χ4v) is 2.39. The highest BCUT2D eigenvalue weighted by atomic mass is 15.0. The first kappa shape index (κ1) is 13.6. The molecule has 0 aliphatic rings. The van der Waals surface area contributed by atoms with E-state index in [0.29, 0.717) is 6.04 Å². The van der Waals surface area contributed by atoms with Crippen molar-refractivity contribution in [3.05, 3.63) is 60.4 Å². The minimum Gasteiger partial charge on any atom is -0.381 e. The highest BCUT2D eigenvalue weighted by Gasteiger charge is 2.03. The summed E-state index contributed by atoms with van der Waals surface area (Å²) in [5.41, 5.74) is 4.46. The van der Waals surface area contributed by atoms with Crippen molar-refractivity contribution in [3.8, 4) is 0 Å². The van der Waals surface area contributed by atoms with Gasteiger partial charge in [-0.2, -0.15) is 0 Å².